The maximum atomic E-state index is 13.6. The monoisotopic (exact) mass is 276 g/mol. The zero-order valence-electron chi connectivity index (χ0n) is 9.85. The van der Waals surface area contributed by atoms with Crippen molar-refractivity contribution in [1.29, 1.82) is 0 Å². The number of fused-ring (bicyclic) bond motifs is 1. The summed E-state index contributed by atoms with van der Waals surface area (Å²) in [5.74, 6) is -0.154. The van der Waals surface area contributed by atoms with Crippen LogP contribution in [0.3, 0.4) is 0 Å². The lowest BCUT2D eigenvalue weighted by Gasteiger charge is -2.06. The van der Waals surface area contributed by atoms with Gasteiger partial charge in [-0.2, -0.15) is 0 Å². The second-order valence-corrected chi connectivity index (χ2v) is 4.57. The fourth-order valence-electron chi connectivity index (χ4n) is 1.98. The normalized spacial score (nSPS) is 11.1. The van der Waals surface area contributed by atoms with Crippen molar-refractivity contribution in [2.75, 3.05) is 5.73 Å². The van der Waals surface area contributed by atoms with E-state index in [0.29, 0.717) is 23.5 Å². The van der Waals surface area contributed by atoms with Gasteiger partial charge in [0, 0.05) is 18.5 Å². The molecule has 0 atom stereocenters. The molecule has 6 heteroatoms. The summed E-state index contributed by atoms with van der Waals surface area (Å²) in [6, 6.07) is 6.57. The van der Waals surface area contributed by atoms with Crippen molar-refractivity contribution in [2.45, 2.75) is 6.54 Å². The Kier molecular flexibility index (Phi) is 2.83. The number of imidazole rings is 1. The molecule has 0 saturated carbocycles. The van der Waals surface area contributed by atoms with E-state index in [4.69, 9.17) is 17.3 Å². The first-order chi connectivity index (χ1) is 9.15. The lowest BCUT2D eigenvalue weighted by Crippen LogP contribution is -2.04. The molecule has 0 radical (unpaired) electrons. The number of nitrogen functional groups attached to an aromatic ring is 1. The molecule has 2 N–H and O–H groups in total. The SMILES string of the molecule is Nc1nc2cc(Cl)c(F)cc2n1Cc1ccncc1. The maximum absolute atomic E-state index is 13.6. The molecule has 0 aliphatic heterocycles. The minimum Gasteiger partial charge on any atom is -0.369 e. The van der Waals surface area contributed by atoms with Gasteiger partial charge in [-0.3, -0.25) is 4.98 Å². The fraction of sp³-hybridized carbons (Fsp3) is 0.0769. The first-order valence-corrected chi connectivity index (χ1v) is 6.02. The van der Waals surface area contributed by atoms with E-state index in [2.05, 4.69) is 9.97 Å². The Hall–Kier alpha value is -2.14. The predicted molar refractivity (Wildman–Crippen MR) is 72.5 cm³/mol. The Morgan fingerprint density at radius 1 is 1.26 bits per heavy atom. The summed E-state index contributed by atoms with van der Waals surface area (Å²) in [4.78, 5) is 8.14. The van der Waals surface area contributed by atoms with Crippen molar-refractivity contribution in [1.82, 2.24) is 14.5 Å². The van der Waals surface area contributed by atoms with Crippen molar-refractivity contribution in [3.05, 3.63) is 53.1 Å². The standard InChI is InChI=1S/C13H10ClFN4/c14-9-5-11-12(6-10(9)15)19(13(16)18-11)7-8-1-3-17-4-2-8/h1-6H,7H2,(H2,16,18). The summed E-state index contributed by atoms with van der Waals surface area (Å²) in [6.07, 6.45) is 3.39. The Balaban J connectivity index is 2.13. The number of aromatic nitrogens is 3. The Morgan fingerprint density at radius 3 is 2.74 bits per heavy atom. The number of pyridine rings is 1. The molecule has 1 aromatic carbocycles. The van der Waals surface area contributed by atoms with Crippen LogP contribution < -0.4 is 5.73 Å². The molecule has 4 nitrogen and oxygen atoms in total. The van der Waals surface area contributed by atoms with Crippen LogP contribution in [0.15, 0.2) is 36.7 Å². The molecule has 0 unspecified atom stereocenters. The maximum Gasteiger partial charge on any atom is 0.201 e. The van der Waals surface area contributed by atoms with E-state index in [0.717, 1.165) is 5.56 Å². The molecule has 0 amide bonds. The first kappa shape index (κ1) is 11.9. The molecule has 2 aromatic heterocycles. The molecule has 96 valence electrons. The Bertz CT molecular complexity index is 739. The molecule has 0 aliphatic rings. The second kappa shape index (κ2) is 4.51. The number of anilines is 1. The van der Waals surface area contributed by atoms with E-state index in [-0.39, 0.29) is 5.02 Å². The summed E-state index contributed by atoms with van der Waals surface area (Å²) in [5, 5.41) is 0.0426. The highest BCUT2D eigenvalue weighted by molar-refractivity contribution is 6.31. The van der Waals surface area contributed by atoms with Crippen molar-refractivity contribution >= 4 is 28.6 Å². The molecule has 0 bridgehead atoms. The van der Waals surface area contributed by atoms with Gasteiger partial charge in [-0.05, 0) is 23.8 Å². The fourth-order valence-corrected chi connectivity index (χ4v) is 2.13. The van der Waals surface area contributed by atoms with Crippen LogP contribution >= 0.6 is 11.6 Å². The van der Waals surface area contributed by atoms with Gasteiger partial charge in [-0.15, -0.1) is 0 Å². The van der Waals surface area contributed by atoms with Crippen LogP contribution in [0.5, 0.6) is 0 Å². The zero-order valence-corrected chi connectivity index (χ0v) is 10.6. The van der Waals surface area contributed by atoms with Crippen molar-refractivity contribution < 1.29 is 4.39 Å². The van der Waals surface area contributed by atoms with Gasteiger partial charge in [0.15, 0.2) is 0 Å². The van der Waals surface area contributed by atoms with E-state index in [1.807, 2.05) is 12.1 Å². The number of nitrogens with two attached hydrogens (primary N) is 1. The Labute approximate surface area is 113 Å². The number of hydrogen-bond donors (Lipinski definition) is 1. The highest BCUT2D eigenvalue weighted by atomic mass is 35.5. The molecular weight excluding hydrogens is 267 g/mol. The third-order valence-electron chi connectivity index (χ3n) is 2.91. The largest absolute Gasteiger partial charge is 0.369 e. The van der Waals surface area contributed by atoms with Gasteiger partial charge < -0.3 is 10.3 Å². The average Bonchev–Trinajstić information content (AvgIpc) is 2.68. The molecule has 0 fully saturated rings. The number of hydrogen-bond acceptors (Lipinski definition) is 3. The summed E-state index contributed by atoms with van der Waals surface area (Å²) < 4.78 is 15.3. The highest BCUT2D eigenvalue weighted by Crippen LogP contribution is 2.25. The molecule has 19 heavy (non-hydrogen) atoms. The molecule has 0 spiro atoms. The van der Waals surface area contributed by atoms with Gasteiger partial charge in [0.2, 0.25) is 5.95 Å². The van der Waals surface area contributed by atoms with E-state index >= 15 is 0 Å². The van der Waals surface area contributed by atoms with Crippen LogP contribution in [0.2, 0.25) is 5.02 Å². The number of halogens is 2. The minimum atomic E-state index is -0.481. The first-order valence-electron chi connectivity index (χ1n) is 5.65. The van der Waals surface area contributed by atoms with E-state index < -0.39 is 5.82 Å². The smallest absolute Gasteiger partial charge is 0.201 e. The van der Waals surface area contributed by atoms with Gasteiger partial charge in [-0.25, -0.2) is 9.37 Å². The summed E-state index contributed by atoms with van der Waals surface area (Å²) in [7, 11) is 0. The molecule has 0 aliphatic carbocycles. The summed E-state index contributed by atoms with van der Waals surface area (Å²) >= 11 is 5.74. The highest BCUT2D eigenvalue weighted by Gasteiger charge is 2.12. The second-order valence-electron chi connectivity index (χ2n) is 4.17. The van der Waals surface area contributed by atoms with Crippen molar-refractivity contribution in [3.63, 3.8) is 0 Å². The van der Waals surface area contributed by atoms with Crippen molar-refractivity contribution in [2.24, 2.45) is 0 Å². The Morgan fingerprint density at radius 2 is 2.00 bits per heavy atom. The van der Waals surface area contributed by atoms with Crippen LogP contribution in [0.1, 0.15) is 5.56 Å². The van der Waals surface area contributed by atoms with Gasteiger partial charge in [0.05, 0.1) is 22.6 Å². The average molecular weight is 277 g/mol. The van der Waals surface area contributed by atoms with E-state index in [1.165, 1.54) is 12.1 Å². The topological polar surface area (TPSA) is 56.7 Å². The lowest BCUT2D eigenvalue weighted by atomic mass is 10.2. The summed E-state index contributed by atoms with van der Waals surface area (Å²) in [6.45, 7) is 0.506. The minimum absolute atomic E-state index is 0.0426. The lowest BCUT2D eigenvalue weighted by molar-refractivity contribution is 0.629. The zero-order chi connectivity index (χ0) is 13.4. The number of nitrogens with zero attached hydrogens (tertiary/aromatic N) is 3. The van der Waals surface area contributed by atoms with E-state index in [1.54, 1.807) is 17.0 Å². The molecule has 3 rings (SSSR count). The van der Waals surface area contributed by atoms with Crippen LogP contribution in [0.25, 0.3) is 11.0 Å². The molecule has 0 saturated heterocycles. The van der Waals surface area contributed by atoms with Crippen LogP contribution in [0.4, 0.5) is 10.3 Å². The van der Waals surface area contributed by atoms with Crippen LogP contribution in [0, 0.1) is 5.82 Å². The number of rotatable bonds is 2. The van der Waals surface area contributed by atoms with E-state index in [9.17, 15) is 4.39 Å². The summed E-state index contributed by atoms with van der Waals surface area (Å²) in [5.41, 5.74) is 8.09. The molecular formula is C13H10ClFN4. The number of benzene rings is 1. The third kappa shape index (κ3) is 2.13. The van der Waals surface area contributed by atoms with Crippen LogP contribution in [-0.2, 0) is 6.54 Å². The third-order valence-corrected chi connectivity index (χ3v) is 3.20. The van der Waals surface area contributed by atoms with Gasteiger partial charge in [0.1, 0.15) is 5.82 Å². The quantitative estimate of drug-likeness (QED) is 0.783. The van der Waals surface area contributed by atoms with Crippen LogP contribution in [-0.4, -0.2) is 14.5 Å². The molecule has 2 heterocycles. The van der Waals surface area contributed by atoms with Gasteiger partial charge in [-0.1, -0.05) is 11.6 Å². The predicted octanol–water partition coefficient (Wildman–Crippen LogP) is 2.85. The molecule has 3 aromatic rings. The van der Waals surface area contributed by atoms with Gasteiger partial charge in [0.25, 0.3) is 0 Å². The van der Waals surface area contributed by atoms with Crippen molar-refractivity contribution in [3.8, 4) is 0 Å². The van der Waals surface area contributed by atoms with Gasteiger partial charge >= 0.3 is 0 Å².